The van der Waals surface area contributed by atoms with Crippen molar-refractivity contribution in [3.05, 3.63) is 23.4 Å². The molecule has 0 saturated heterocycles. The van der Waals surface area contributed by atoms with Crippen molar-refractivity contribution in [2.45, 2.75) is 53.5 Å². The van der Waals surface area contributed by atoms with E-state index in [1.807, 2.05) is 13.1 Å². The van der Waals surface area contributed by atoms with Gasteiger partial charge in [-0.2, -0.15) is 0 Å². The van der Waals surface area contributed by atoms with Crippen molar-refractivity contribution in [3.63, 3.8) is 0 Å². The number of rotatable bonds is 7. The Balaban J connectivity index is 2.86. The fourth-order valence-corrected chi connectivity index (χ4v) is 2.31. The van der Waals surface area contributed by atoms with Crippen molar-refractivity contribution in [3.8, 4) is 0 Å². The molecular weight excluding hydrogens is 234 g/mol. The Hall–Kier alpha value is -1.09. The predicted molar refractivity (Wildman–Crippen MR) is 83.7 cm³/mol. The summed E-state index contributed by atoms with van der Waals surface area (Å²) < 4.78 is 0. The summed E-state index contributed by atoms with van der Waals surface area (Å²) in [5.74, 6) is 1.82. The molecule has 2 unspecified atom stereocenters. The molecule has 108 valence electrons. The minimum absolute atomic E-state index is 0.189. The molecule has 3 heteroatoms. The van der Waals surface area contributed by atoms with Gasteiger partial charge in [0.2, 0.25) is 0 Å². The Morgan fingerprint density at radius 3 is 2.47 bits per heavy atom. The van der Waals surface area contributed by atoms with Gasteiger partial charge in [0.05, 0.1) is 0 Å². The third kappa shape index (κ3) is 4.83. The van der Waals surface area contributed by atoms with Crippen LogP contribution in [-0.4, -0.2) is 24.1 Å². The van der Waals surface area contributed by atoms with E-state index < -0.39 is 0 Å². The zero-order valence-corrected chi connectivity index (χ0v) is 13.1. The lowest BCUT2D eigenvalue weighted by Gasteiger charge is -2.26. The summed E-state index contributed by atoms with van der Waals surface area (Å²) in [6, 6.07) is 2.42. The lowest BCUT2D eigenvalue weighted by molar-refractivity contribution is 0.545. The van der Waals surface area contributed by atoms with Crippen LogP contribution in [0.2, 0.25) is 0 Å². The minimum Gasteiger partial charge on any atom is -0.356 e. The largest absolute Gasteiger partial charge is 0.356 e. The number of anilines is 1. The molecule has 1 aromatic rings. The molecule has 2 atom stereocenters. The highest BCUT2D eigenvalue weighted by Crippen LogP contribution is 2.20. The van der Waals surface area contributed by atoms with Crippen LogP contribution in [0.25, 0.3) is 0 Å². The quantitative estimate of drug-likeness (QED) is 0.821. The molecule has 1 rings (SSSR count). The van der Waals surface area contributed by atoms with Gasteiger partial charge in [-0.15, -0.1) is 0 Å². The fraction of sp³-hybridized carbons (Fsp3) is 0.688. The van der Waals surface area contributed by atoms with Crippen LogP contribution in [0.1, 0.15) is 45.2 Å². The molecule has 19 heavy (non-hydrogen) atoms. The Kier molecular flexibility index (Phi) is 6.29. The van der Waals surface area contributed by atoms with Crippen molar-refractivity contribution < 1.29 is 0 Å². The van der Waals surface area contributed by atoms with E-state index in [2.05, 4.69) is 43.6 Å². The molecule has 0 spiro atoms. The average Bonchev–Trinajstić information content (AvgIpc) is 2.35. The zero-order valence-electron chi connectivity index (χ0n) is 13.1. The van der Waals surface area contributed by atoms with E-state index in [9.17, 15) is 0 Å². The van der Waals surface area contributed by atoms with Gasteiger partial charge in [-0.05, 0) is 44.2 Å². The topological polar surface area (TPSA) is 42.2 Å². The van der Waals surface area contributed by atoms with Crippen molar-refractivity contribution in [2.75, 3.05) is 18.0 Å². The van der Waals surface area contributed by atoms with Crippen LogP contribution in [0.3, 0.4) is 0 Å². The predicted octanol–water partition coefficient (Wildman–Crippen LogP) is 3.15. The summed E-state index contributed by atoms with van der Waals surface area (Å²) >= 11 is 0. The van der Waals surface area contributed by atoms with Crippen LogP contribution in [0.5, 0.6) is 0 Å². The third-order valence-corrected chi connectivity index (χ3v) is 3.58. The summed E-state index contributed by atoms with van der Waals surface area (Å²) in [5.41, 5.74) is 8.33. The highest BCUT2D eigenvalue weighted by molar-refractivity contribution is 5.47. The maximum atomic E-state index is 5.84. The maximum absolute atomic E-state index is 5.84. The highest BCUT2D eigenvalue weighted by atomic mass is 15.2. The first-order valence-corrected chi connectivity index (χ1v) is 7.43. The average molecular weight is 263 g/mol. The first-order valence-electron chi connectivity index (χ1n) is 7.43. The SMILES string of the molecule is CCC(C)CN(CC)c1ncc(CC(C)N)cc1C. The van der Waals surface area contributed by atoms with Gasteiger partial charge in [0.15, 0.2) is 0 Å². The molecule has 0 aromatic carbocycles. The van der Waals surface area contributed by atoms with E-state index in [4.69, 9.17) is 5.73 Å². The van der Waals surface area contributed by atoms with Crippen LogP contribution in [0.15, 0.2) is 12.3 Å². The molecule has 0 fully saturated rings. The lowest BCUT2D eigenvalue weighted by atomic mass is 10.1. The standard InChI is InChI=1S/C16H29N3/c1-6-12(3)11-19(7-2)16-13(4)8-15(10-18-16)9-14(5)17/h8,10,12,14H,6-7,9,11,17H2,1-5H3. The number of hydrogen-bond donors (Lipinski definition) is 1. The number of pyridine rings is 1. The minimum atomic E-state index is 0.189. The van der Waals surface area contributed by atoms with Crippen LogP contribution in [-0.2, 0) is 6.42 Å². The van der Waals surface area contributed by atoms with Gasteiger partial charge in [0, 0.05) is 25.3 Å². The molecular formula is C16H29N3. The molecule has 0 aliphatic carbocycles. The molecule has 0 aliphatic rings. The third-order valence-electron chi connectivity index (χ3n) is 3.58. The van der Waals surface area contributed by atoms with E-state index >= 15 is 0 Å². The molecule has 2 N–H and O–H groups in total. The van der Waals surface area contributed by atoms with Gasteiger partial charge in [0.25, 0.3) is 0 Å². The monoisotopic (exact) mass is 263 g/mol. The van der Waals surface area contributed by atoms with E-state index in [0.29, 0.717) is 5.92 Å². The van der Waals surface area contributed by atoms with Crippen molar-refractivity contribution in [1.82, 2.24) is 4.98 Å². The molecule has 1 heterocycles. The fourth-order valence-electron chi connectivity index (χ4n) is 2.31. The van der Waals surface area contributed by atoms with Gasteiger partial charge in [-0.1, -0.05) is 26.3 Å². The van der Waals surface area contributed by atoms with Crippen molar-refractivity contribution in [2.24, 2.45) is 11.7 Å². The molecule has 0 amide bonds. The van der Waals surface area contributed by atoms with E-state index in [1.165, 1.54) is 17.5 Å². The number of nitrogens with two attached hydrogens (primary N) is 1. The number of aryl methyl sites for hydroxylation is 1. The van der Waals surface area contributed by atoms with Gasteiger partial charge >= 0.3 is 0 Å². The Bertz CT molecular complexity index is 388. The van der Waals surface area contributed by atoms with Crippen molar-refractivity contribution >= 4 is 5.82 Å². The maximum Gasteiger partial charge on any atom is 0.131 e. The van der Waals surface area contributed by atoms with Gasteiger partial charge in [-0.3, -0.25) is 0 Å². The van der Waals surface area contributed by atoms with E-state index in [-0.39, 0.29) is 6.04 Å². The first-order chi connectivity index (χ1) is 8.97. The van der Waals surface area contributed by atoms with Gasteiger partial charge < -0.3 is 10.6 Å². The van der Waals surface area contributed by atoms with E-state index in [0.717, 1.165) is 25.3 Å². The second-order valence-electron chi connectivity index (χ2n) is 5.72. The Labute approximate surface area is 118 Å². The summed E-state index contributed by atoms with van der Waals surface area (Å²) in [6.45, 7) is 13.0. The second kappa shape index (κ2) is 7.49. The summed E-state index contributed by atoms with van der Waals surface area (Å²) in [5, 5.41) is 0. The molecule has 0 radical (unpaired) electrons. The summed E-state index contributed by atoms with van der Waals surface area (Å²) in [6.07, 6.45) is 4.08. The second-order valence-corrected chi connectivity index (χ2v) is 5.72. The van der Waals surface area contributed by atoms with Crippen molar-refractivity contribution in [1.29, 1.82) is 0 Å². The van der Waals surface area contributed by atoms with Crippen LogP contribution in [0, 0.1) is 12.8 Å². The zero-order chi connectivity index (χ0) is 14.4. The van der Waals surface area contributed by atoms with Crippen LogP contribution < -0.4 is 10.6 Å². The lowest BCUT2D eigenvalue weighted by Crippen LogP contribution is -2.29. The van der Waals surface area contributed by atoms with Gasteiger partial charge in [-0.25, -0.2) is 4.98 Å². The molecule has 0 saturated carbocycles. The first kappa shape index (κ1) is 16.0. The Morgan fingerprint density at radius 1 is 1.32 bits per heavy atom. The number of nitrogens with zero attached hydrogens (tertiary/aromatic N) is 2. The normalized spacial score (nSPS) is 14.2. The molecule has 0 bridgehead atoms. The Morgan fingerprint density at radius 2 is 2.00 bits per heavy atom. The molecule has 1 aromatic heterocycles. The van der Waals surface area contributed by atoms with Gasteiger partial charge in [0.1, 0.15) is 5.82 Å². The highest BCUT2D eigenvalue weighted by Gasteiger charge is 2.12. The summed E-state index contributed by atoms with van der Waals surface area (Å²) in [7, 11) is 0. The van der Waals surface area contributed by atoms with Crippen LogP contribution >= 0.6 is 0 Å². The summed E-state index contributed by atoms with van der Waals surface area (Å²) in [4.78, 5) is 7.03. The molecule has 3 nitrogen and oxygen atoms in total. The van der Waals surface area contributed by atoms with Crippen LogP contribution in [0.4, 0.5) is 5.82 Å². The number of hydrogen-bond acceptors (Lipinski definition) is 3. The molecule has 0 aliphatic heterocycles. The van der Waals surface area contributed by atoms with E-state index in [1.54, 1.807) is 0 Å². The number of aromatic nitrogens is 1. The smallest absolute Gasteiger partial charge is 0.131 e.